The van der Waals surface area contributed by atoms with E-state index in [0.29, 0.717) is 12.8 Å². The first-order valence-electron chi connectivity index (χ1n) is 6.13. The molecule has 19 heavy (non-hydrogen) atoms. The normalized spacial score (nSPS) is 11.3. The van der Waals surface area contributed by atoms with E-state index in [-0.39, 0.29) is 18.7 Å². The average Bonchev–Trinajstić information content (AvgIpc) is 2.42. The van der Waals surface area contributed by atoms with Crippen LogP contribution in [0.3, 0.4) is 0 Å². The Morgan fingerprint density at radius 2 is 2.00 bits per heavy atom. The van der Waals surface area contributed by atoms with Gasteiger partial charge in [0.05, 0.1) is 6.07 Å². The van der Waals surface area contributed by atoms with Crippen LogP contribution in [-0.4, -0.2) is 17.9 Å². The summed E-state index contributed by atoms with van der Waals surface area (Å²) in [6.07, 6.45) is 1.34. The maximum Gasteiger partial charge on any atom is 0.240 e. The zero-order valence-electron chi connectivity index (χ0n) is 10.6. The monoisotopic (exact) mass is 259 g/mol. The van der Waals surface area contributed by atoms with Crippen LogP contribution in [0.2, 0.25) is 0 Å². The molecule has 0 saturated carbocycles. The largest absolute Gasteiger partial charge is 0.368 e. The van der Waals surface area contributed by atoms with Crippen LogP contribution >= 0.6 is 0 Å². The van der Waals surface area contributed by atoms with Crippen LogP contribution in [0.4, 0.5) is 0 Å². The molecule has 3 N–H and O–H groups in total. The SMILES string of the molecule is N#CCC[C@@H](NC(=O)CCc1ccccc1)C(N)=O. The van der Waals surface area contributed by atoms with E-state index in [0.717, 1.165) is 5.56 Å². The van der Waals surface area contributed by atoms with E-state index in [4.69, 9.17) is 11.0 Å². The highest BCUT2D eigenvalue weighted by Gasteiger charge is 2.17. The lowest BCUT2D eigenvalue weighted by atomic mass is 10.1. The van der Waals surface area contributed by atoms with E-state index in [1.807, 2.05) is 36.4 Å². The van der Waals surface area contributed by atoms with Crippen LogP contribution in [0, 0.1) is 11.3 Å². The molecular formula is C14H17N3O2. The maximum absolute atomic E-state index is 11.7. The van der Waals surface area contributed by atoms with Crippen molar-refractivity contribution >= 4 is 11.8 Å². The smallest absolute Gasteiger partial charge is 0.240 e. The first-order chi connectivity index (χ1) is 9.13. The Bertz CT molecular complexity index is 465. The molecule has 0 fully saturated rings. The summed E-state index contributed by atoms with van der Waals surface area (Å²) in [7, 11) is 0. The number of nitrogens with zero attached hydrogens (tertiary/aromatic N) is 1. The number of hydrogen-bond acceptors (Lipinski definition) is 3. The first-order valence-corrected chi connectivity index (χ1v) is 6.13. The quantitative estimate of drug-likeness (QED) is 0.761. The van der Waals surface area contributed by atoms with Gasteiger partial charge < -0.3 is 11.1 Å². The Labute approximate surface area is 112 Å². The molecule has 0 unspecified atom stereocenters. The maximum atomic E-state index is 11.7. The molecule has 100 valence electrons. The summed E-state index contributed by atoms with van der Waals surface area (Å²) in [6.45, 7) is 0. The van der Waals surface area contributed by atoms with Gasteiger partial charge in [0.15, 0.2) is 0 Å². The molecule has 1 aromatic rings. The van der Waals surface area contributed by atoms with Crippen molar-refractivity contribution in [1.82, 2.24) is 5.32 Å². The minimum Gasteiger partial charge on any atom is -0.368 e. The van der Waals surface area contributed by atoms with Gasteiger partial charge in [0.2, 0.25) is 11.8 Å². The molecule has 0 spiro atoms. The summed E-state index contributed by atoms with van der Waals surface area (Å²) < 4.78 is 0. The average molecular weight is 259 g/mol. The molecule has 0 radical (unpaired) electrons. The van der Waals surface area contributed by atoms with E-state index in [2.05, 4.69) is 5.32 Å². The fourth-order valence-electron chi connectivity index (χ4n) is 1.66. The lowest BCUT2D eigenvalue weighted by molar-refractivity contribution is -0.127. The highest BCUT2D eigenvalue weighted by molar-refractivity contribution is 5.86. The van der Waals surface area contributed by atoms with Crippen molar-refractivity contribution in [3.05, 3.63) is 35.9 Å². The molecule has 0 aliphatic rings. The van der Waals surface area contributed by atoms with Gasteiger partial charge in [-0.2, -0.15) is 5.26 Å². The summed E-state index contributed by atoms with van der Waals surface area (Å²) >= 11 is 0. The summed E-state index contributed by atoms with van der Waals surface area (Å²) in [6, 6.07) is 10.8. The van der Waals surface area contributed by atoms with Gasteiger partial charge in [-0.15, -0.1) is 0 Å². The van der Waals surface area contributed by atoms with Crippen LogP contribution in [-0.2, 0) is 16.0 Å². The van der Waals surface area contributed by atoms with Crippen molar-refractivity contribution in [2.45, 2.75) is 31.7 Å². The molecule has 1 aromatic carbocycles. The van der Waals surface area contributed by atoms with E-state index < -0.39 is 11.9 Å². The molecule has 1 rings (SSSR count). The van der Waals surface area contributed by atoms with Gasteiger partial charge in [-0.1, -0.05) is 30.3 Å². The number of carbonyl (C=O) groups is 2. The molecular weight excluding hydrogens is 242 g/mol. The van der Waals surface area contributed by atoms with Crippen molar-refractivity contribution < 1.29 is 9.59 Å². The van der Waals surface area contributed by atoms with Gasteiger partial charge in [0.1, 0.15) is 6.04 Å². The molecule has 5 heteroatoms. The molecule has 0 aliphatic carbocycles. The number of rotatable bonds is 7. The molecule has 2 amide bonds. The lowest BCUT2D eigenvalue weighted by Crippen LogP contribution is -2.44. The van der Waals surface area contributed by atoms with Crippen LogP contribution in [0.15, 0.2) is 30.3 Å². The standard InChI is InChI=1S/C14H17N3O2/c15-10-4-7-12(14(16)19)17-13(18)9-8-11-5-2-1-3-6-11/h1-3,5-6,12H,4,7-9H2,(H2,16,19)(H,17,18)/t12-/m1/s1. The Balaban J connectivity index is 2.40. The minimum atomic E-state index is -0.761. The van der Waals surface area contributed by atoms with Crippen molar-refractivity contribution in [1.29, 1.82) is 5.26 Å². The molecule has 1 atom stereocenters. The second-order valence-corrected chi connectivity index (χ2v) is 4.20. The van der Waals surface area contributed by atoms with Crippen LogP contribution < -0.4 is 11.1 Å². The van der Waals surface area contributed by atoms with Gasteiger partial charge in [0.25, 0.3) is 0 Å². The van der Waals surface area contributed by atoms with Gasteiger partial charge in [-0.25, -0.2) is 0 Å². The van der Waals surface area contributed by atoms with Crippen molar-refractivity contribution in [3.8, 4) is 6.07 Å². The zero-order valence-corrected chi connectivity index (χ0v) is 10.6. The van der Waals surface area contributed by atoms with Gasteiger partial charge in [0, 0.05) is 12.8 Å². The van der Waals surface area contributed by atoms with E-state index >= 15 is 0 Å². The number of hydrogen-bond donors (Lipinski definition) is 2. The van der Waals surface area contributed by atoms with Crippen molar-refractivity contribution in [2.24, 2.45) is 5.73 Å². The summed E-state index contributed by atoms with van der Waals surface area (Å²) in [4.78, 5) is 22.8. The molecule has 0 saturated heterocycles. The van der Waals surface area contributed by atoms with Crippen molar-refractivity contribution in [3.63, 3.8) is 0 Å². The second-order valence-electron chi connectivity index (χ2n) is 4.20. The topological polar surface area (TPSA) is 96.0 Å². The summed E-state index contributed by atoms with van der Waals surface area (Å²) in [5, 5.41) is 11.0. The summed E-state index contributed by atoms with van der Waals surface area (Å²) in [5.74, 6) is -0.839. The number of aryl methyl sites for hydroxylation is 1. The van der Waals surface area contributed by atoms with Gasteiger partial charge in [-0.3, -0.25) is 9.59 Å². The van der Waals surface area contributed by atoms with Crippen LogP contribution in [0.1, 0.15) is 24.8 Å². The lowest BCUT2D eigenvalue weighted by Gasteiger charge is -2.13. The molecule has 0 heterocycles. The van der Waals surface area contributed by atoms with E-state index in [9.17, 15) is 9.59 Å². The highest BCUT2D eigenvalue weighted by Crippen LogP contribution is 2.03. The fraction of sp³-hybridized carbons (Fsp3) is 0.357. The third kappa shape index (κ3) is 5.68. The number of amides is 2. The van der Waals surface area contributed by atoms with Crippen molar-refractivity contribution in [2.75, 3.05) is 0 Å². The second kappa shape index (κ2) is 7.88. The zero-order chi connectivity index (χ0) is 14.1. The van der Waals surface area contributed by atoms with E-state index in [1.165, 1.54) is 0 Å². The van der Waals surface area contributed by atoms with Gasteiger partial charge >= 0.3 is 0 Å². The molecule has 0 aromatic heterocycles. The van der Waals surface area contributed by atoms with E-state index in [1.54, 1.807) is 0 Å². The predicted molar refractivity (Wildman–Crippen MR) is 70.7 cm³/mol. The number of benzene rings is 1. The summed E-state index contributed by atoms with van der Waals surface area (Å²) in [5.41, 5.74) is 6.23. The number of nitriles is 1. The molecule has 0 bridgehead atoms. The minimum absolute atomic E-state index is 0.187. The third-order valence-electron chi connectivity index (χ3n) is 2.71. The molecule has 0 aliphatic heterocycles. The van der Waals surface area contributed by atoms with Gasteiger partial charge in [-0.05, 0) is 18.4 Å². The highest BCUT2D eigenvalue weighted by atomic mass is 16.2. The predicted octanol–water partition coefficient (Wildman–Crippen LogP) is 0.893. The number of primary amides is 1. The third-order valence-corrected chi connectivity index (χ3v) is 2.71. The Morgan fingerprint density at radius 1 is 1.32 bits per heavy atom. The molecule has 5 nitrogen and oxygen atoms in total. The van der Waals surface area contributed by atoms with Crippen LogP contribution in [0.25, 0.3) is 0 Å². The van der Waals surface area contributed by atoms with Crippen LogP contribution in [0.5, 0.6) is 0 Å². The number of carbonyl (C=O) groups excluding carboxylic acids is 2. The first kappa shape index (κ1) is 14.7. The Kier molecular flexibility index (Phi) is 6.10. The Hall–Kier alpha value is -2.35. The fourth-order valence-corrected chi connectivity index (χ4v) is 1.66. The Morgan fingerprint density at radius 3 is 2.58 bits per heavy atom. The number of nitrogens with two attached hydrogens (primary N) is 1. The number of nitrogens with one attached hydrogen (secondary N) is 1.